The van der Waals surface area contributed by atoms with Crippen LogP contribution in [0.4, 0.5) is 5.69 Å². The summed E-state index contributed by atoms with van der Waals surface area (Å²) in [4.78, 5) is 23.9. The summed E-state index contributed by atoms with van der Waals surface area (Å²) in [5, 5.41) is 13.9. The number of hydrogen-bond donors (Lipinski definition) is 1. The van der Waals surface area contributed by atoms with Gasteiger partial charge in [0.15, 0.2) is 0 Å². The maximum Gasteiger partial charge on any atom is 0.288 e. The Bertz CT molecular complexity index is 782. The third-order valence-corrected chi connectivity index (χ3v) is 5.11. The number of nitrogens with one attached hydrogen (secondary N) is 1. The van der Waals surface area contributed by atoms with Crippen molar-refractivity contribution in [2.45, 2.75) is 17.4 Å². The van der Waals surface area contributed by atoms with Gasteiger partial charge < -0.3 is 5.32 Å². The number of nitrogens with zero attached hydrogens (tertiary/aromatic N) is 1. The van der Waals surface area contributed by atoms with E-state index in [2.05, 4.69) is 5.32 Å². The van der Waals surface area contributed by atoms with Gasteiger partial charge in [0.2, 0.25) is 0 Å². The highest BCUT2D eigenvalue weighted by molar-refractivity contribution is 7.99. The van der Waals surface area contributed by atoms with Crippen LogP contribution in [0.2, 0.25) is 5.02 Å². The van der Waals surface area contributed by atoms with Gasteiger partial charge in [-0.1, -0.05) is 29.8 Å². The van der Waals surface area contributed by atoms with Gasteiger partial charge in [-0.25, -0.2) is 0 Å². The highest BCUT2D eigenvalue weighted by atomic mass is 35.5. The monoisotopic (exact) mass is 348 g/mol. The van der Waals surface area contributed by atoms with Gasteiger partial charge in [0.1, 0.15) is 5.02 Å². The van der Waals surface area contributed by atoms with Gasteiger partial charge in [0.25, 0.3) is 11.6 Å². The molecule has 1 aliphatic rings. The molecule has 1 aliphatic heterocycles. The van der Waals surface area contributed by atoms with E-state index in [-0.39, 0.29) is 28.2 Å². The van der Waals surface area contributed by atoms with Crippen molar-refractivity contribution in [2.24, 2.45) is 0 Å². The first-order chi connectivity index (χ1) is 11.1. The van der Waals surface area contributed by atoms with E-state index in [0.717, 1.165) is 22.6 Å². The van der Waals surface area contributed by atoms with Gasteiger partial charge in [-0.05, 0) is 30.2 Å². The molecule has 3 rings (SSSR count). The summed E-state index contributed by atoms with van der Waals surface area (Å²) >= 11 is 7.54. The van der Waals surface area contributed by atoms with E-state index in [4.69, 9.17) is 11.6 Å². The Kier molecular flexibility index (Phi) is 4.54. The molecule has 0 aromatic heterocycles. The molecule has 2 aromatic carbocycles. The van der Waals surface area contributed by atoms with Gasteiger partial charge in [-0.3, -0.25) is 14.9 Å². The van der Waals surface area contributed by atoms with E-state index in [1.54, 1.807) is 11.8 Å². The molecule has 7 heteroatoms. The quantitative estimate of drug-likeness (QED) is 0.666. The third-order valence-electron chi connectivity index (χ3n) is 3.67. The number of rotatable bonds is 3. The Morgan fingerprint density at radius 3 is 2.87 bits per heavy atom. The number of halogens is 1. The van der Waals surface area contributed by atoms with Crippen LogP contribution in [-0.2, 0) is 0 Å². The zero-order valence-electron chi connectivity index (χ0n) is 12.0. The normalized spacial score (nSPS) is 16.5. The van der Waals surface area contributed by atoms with Crippen LogP contribution in [-0.4, -0.2) is 16.6 Å². The molecule has 0 aliphatic carbocycles. The average molecular weight is 349 g/mol. The van der Waals surface area contributed by atoms with Crippen LogP contribution in [0.5, 0.6) is 0 Å². The topological polar surface area (TPSA) is 72.2 Å². The maximum atomic E-state index is 12.4. The lowest BCUT2D eigenvalue weighted by Crippen LogP contribution is -2.30. The number of benzene rings is 2. The molecule has 0 spiro atoms. The molecule has 0 radical (unpaired) electrons. The summed E-state index contributed by atoms with van der Waals surface area (Å²) in [6.45, 7) is 0. The number of carbonyl (C=O) groups excluding carboxylic acids is 1. The molecule has 23 heavy (non-hydrogen) atoms. The second-order valence-corrected chi connectivity index (χ2v) is 6.67. The molecular formula is C16H13ClN2O3S. The minimum Gasteiger partial charge on any atom is -0.345 e. The smallest absolute Gasteiger partial charge is 0.288 e. The van der Waals surface area contributed by atoms with Crippen LogP contribution in [0.15, 0.2) is 47.4 Å². The lowest BCUT2D eigenvalue weighted by Gasteiger charge is -2.25. The molecule has 1 amide bonds. The highest BCUT2D eigenvalue weighted by Crippen LogP contribution is 2.36. The SMILES string of the molecule is O=C(NC1CCSc2ccccc21)c1ccc(Cl)c([N+](=O)[O-])c1. The number of nitro groups is 1. The van der Waals surface area contributed by atoms with Crippen molar-refractivity contribution >= 4 is 35.0 Å². The van der Waals surface area contributed by atoms with Crippen LogP contribution in [0, 0.1) is 10.1 Å². The molecular weight excluding hydrogens is 336 g/mol. The first kappa shape index (κ1) is 15.8. The van der Waals surface area contributed by atoms with E-state index >= 15 is 0 Å². The van der Waals surface area contributed by atoms with Crippen molar-refractivity contribution in [1.29, 1.82) is 0 Å². The number of carbonyl (C=O) groups is 1. The fourth-order valence-corrected chi connectivity index (χ4v) is 3.84. The minimum absolute atomic E-state index is 0.0194. The summed E-state index contributed by atoms with van der Waals surface area (Å²) in [7, 11) is 0. The first-order valence-electron chi connectivity index (χ1n) is 7.03. The molecule has 5 nitrogen and oxygen atoms in total. The Labute approximate surface area is 142 Å². The van der Waals surface area contributed by atoms with Crippen molar-refractivity contribution in [3.8, 4) is 0 Å². The average Bonchev–Trinajstić information content (AvgIpc) is 2.55. The second-order valence-electron chi connectivity index (χ2n) is 5.12. The summed E-state index contributed by atoms with van der Waals surface area (Å²) in [5.74, 6) is 0.583. The van der Waals surface area contributed by atoms with E-state index in [1.165, 1.54) is 18.2 Å². The molecule has 1 N–H and O–H groups in total. The summed E-state index contributed by atoms with van der Waals surface area (Å²) in [5.41, 5.74) is 1.05. The molecule has 0 bridgehead atoms. The summed E-state index contributed by atoms with van der Waals surface area (Å²) in [6.07, 6.45) is 0.823. The third kappa shape index (κ3) is 3.33. The van der Waals surface area contributed by atoms with Crippen molar-refractivity contribution in [1.82, 2.24) is 5.32 Å². The van der Waals surface area contributed by atoms with Crippen LogP contribution in [0.1, 0.15) is 28.4 Å². The molecule has 1 unspecified atom stereocenters. The van der Waals surface area contributed by atoms with Crippen LogP contribution < -0.4 is 5.32 Å². The van der Waals surface area contributed by atoms with Gasteiger partial charge in [-0.15, -0.1) is 11.8 Å². The molecule has 118 valence electrons. The van der Waals surface area contributed by atoms with Gasteiger partial charge in [0, 0.05) is 22.3 Å². The van der Waals surface area contributed by atoms with E-state index < -0.39 is 4.92 Å². The van der Waals surface area contributed by atoms with Crippen molar-refractivity contribution in [3.63, 3.8) is 0 Å². The Morgan fingerprint density at radius 2 is 2.09 bits per heavy atom. The fraction of sp³-hybridized carbons (Fsp3) is 0.188. The zero-order chi connectivity index (χ0) is 16.4. The van der Waals surface area contributed by atoms with Crippen molar-refractivity contribution < 1.29 is 9.72 Å². The fourth-order valence-electron chi connectivity index (χ4n) is 2.53. The minimum atomic E-state index is -0.592. The number of hydrogen-bond acceptors (Lipinski definition) is 4. The van der Waals surface area contributed by atoms with Crippen LogP contribution in [0.3, 0.4) is 0 Å². The predicted octanol–water partition coefficient (Wildman–Crippen LogP) is 4.22. The standard InChI is InChI=1S/C16H13ClN2O3S/c17-12-6-5-10(9-14(12)19(21)22)16(20)18-13-7-8-23-15-4-2-1-3-11(13)15/h1-6,9,13H,7-8H2,(H,18,20). The van der Waals surface area contributed by atoms with Crippen LogP contribution >= 0.6 is 23.4 Å². The van der Waals surface area contributed by atoms with E-state index in [1.807, 2.05) is 24.3 Å². The largest absolute Gasteiger partial charge is 0.345 e. The van der Waals surface area contributed by atoms with Crippen LogP contribution in [0.25, 0.3) is 0 Å². The van der Waals surface area contributed by atoms with Gasteiger partial charge in [-0.2, -0.15) is 0 Å². The van der Waals surface area contributed by atoms with E-state index in [0.29, 0.717) is 0 Å². The van der Waals surface area contributed by atoms with Gasteiger partial charge in [0.05, 0.1) is 11.0 Å². The number of amides is 1. The Balaban J connectivity index is 1.83. The number of fused-ring (bicyclic) bond motifs is 1. The predicted molar refractivity (Wildman–Crippen MR) is 90.1 cm³/mol. The molecule has 0 saturated heterocycles. The molecule has 1 atom stereocenters. The van der Waals surface area contributed by atoms with E-state index in [9.17, 15) is 14.9 Å². The number of thioether (sulfide) groups is 1. The first-order valence-corrected chi connectivity index (χ1v) is 8.39. The molecule has 1 heterocycles. The molecule has 0 saturated carbocycles. The summed E-state index contributed by atoms with van der Waals surface area (Å²) < 4.78 is 0. The lowest BCUT2D eigenvalue weighted by atomic mass is 10.0. The van der Waals surface area contributed by atoms with Gasteiger partial charge >= 0.3 is 0 Å². The second kappa shape index (κ2) is 6.60. The molecule has 2 aromatic rings. The lowest BCUT2D eigenvalue weighted by molar-refractivity contribution is -0.384. The van der Waals surface area contributed by atoms with Crippen molar-refractivity contribution in [3.05, 3.63) is 68.7 Å². The highest BCUT2D eigenvalue weighted by Gasteiger charge is 2.23. The number of nitro benzene ring substituents is 1. The maximum absolute atomic E-state index is 12.4. The zero-order valence-corrected chi connectivity index (χ0v) is 13.6. The van der Waals surface area contributed by atoms with Crippen molar-refractivity contribution in [2.75, 3.05) is 5.75 Å². The Morgan fingerprint density at radius 1 is 1.30 bits per heavy atom. The summed E-state index contributed by atoms with van der Waals surface area (Å²) in [6, 6.07) is 11.9. The molecule has 0 fully saturated rings. The Hall–Kier alpha value is -2.05.